The summed E-state index contributed by atoms with van der Waals surface area (Å²) in [6.07, 6.45) is 3.84. The van der Waals surface area contributed by atoms with Gasteiger partial charge in [0.2, 0.25) is 0 Å². The van der Waals surface area contributed by atoms with Gasteiger partial charge in [-0.3, -0.25) is 19.2 Å². The Morgan fingerprint density at radius 2 is 1.34 bits per heavy atom. The van der Waals surface area contributed by atoms with Crippen molar-refractivity contribution in [2.24, 2.45) is 0 Å². The molecular formula is C26H26O6. The Bertz CT molecular complexity index is 1060. The molecule has 0 radical (unpaired) electrons. The first-order valence-corrected chi connectivity index (χ1v) is 10.1. The van der Waals surface area contributed by atoms with Crippen LogP contribution in [0.1, 0.15) is 37.8 Å². The largest absolute Gasteiger partial charge is 0.426 e. The second-order valence-electron chi connectivity index (χ2n) is 7.34. The molecule has 6 nitrogen and oxygen atoms in total. The molecule has 0 aromatic heterocycles. The third kappa shape index (κ3) is 7.16. The Labute approximate surface area is 187 Å². The van der Waals surface area contributed by atoms with Gasteiger partial charge < -0.3 is 9.47 Å². The van der Waals surface area contributed by atoms with Crippen LogP contribution >= 0.6 is 0 Å². The number of hydrogen-bond donors (Lipinski definition) is 0. The molecule has 2 rings (SSSR count). The molecule has 0 fully saturated rings. The van der Waals surface area contributed by atoms with Gasteiger partial charge in [0, 0.05) is 5.56 Å². The van der Waals surface area contributed by atoms with Crippen LogP contribution in [0.2, 0.25) is 0 Å². The van der Waals surface area contributed by atoms with Crippen molar-refractivity contribution in [1.29, 1.82) is 0 Å². The van der Waals surface area contributed by atoms with Gasteiger partial charge in [0.25, 0.3) is 0 Å². The van der Waals surface area contributed by atoms with Crippen molar-refractivity contribution in [2.75, 3.05) is 0 Å². The van der Waals surface area contributed by atoms with Crippen LogP contribution in [0.15, 0.2) is 61.7 Å². The maximum Gasteiger partial charge on any atom is 0.318 e. The molecule has 0 unspecified atom stereocenters. The van der Waals surface area contributed by atoms with E-state index in [9.17, 15) is 19.2 Å². The molecule has 0 atom stereocenters. The fourth-order valence-corrected chi connectivity index (χ4v) is 3.07. The van der Waals surface area contributed by atoms with Crippen LogP contribution in [0.4, 0.5) is 0 Å². The number of ketones is 2. The van der Waals surface area contributed by atoms with Crippen molar-refractivity contribution < 1.29 is 28.7 Å². The van der Waals surface area contributed by atoms with Gasteiger partial charge in [-0.05, 0) is 67.6 Å². The van der Waals surface area contributed by atoms with E-state index < -0.39 is 11.9 Å². The molecule has 2 aromatic rings. The Balaban J connectivity index is 2.48. The number of rotatable bonds is 11. The van der Waals surface area contributed by atoms with Crippen molar-refractivity contribution in [2.45, 2.75) is 39.5 Å². The summed E-state index contributed by atoms with van der Waals surface area (Å²) in [6.45, 7) is 10.1. The maximum atomic E-state index is 12.1. The van der Waals surface area contributed by atoms with E-state index in [0.29, 0.717) is 35.5 Å². The Kier molecular flexibility index (Phi) is 8.83. The van der Waals surface area contributed by atoms with Crippen molar-refractivity contribution in [3.05, 3.63) is 72.8 Å². The normalized spacial score (nSPS) is 10.2. The van der Waals surface area contributed by atoms with E-state index in [2.05, 4.69) is 13.2 Å². The van der Waals surface area contributed by atoms with Gasteiger partial charge in [0.05, 0.1) is 0 Å². The molecule has 0 spiro atoms. The van der Waals surface area contributed by atoms with Gasteiger partial charge in [-0.15, -0.1) is 13.2 Å². The third-order valence-electron chi connectivity index (χ3n) is 4.39. The monoisotopic (exact) mass is 434 g/mol. The van der Waals surface area contributed by atoms with Gasteiger partial charge in [0.1, 0.15) is 35.9 Å². The zero-order chi connectivity index (χ0) is 23.7. The number of carbonyl (C=O) groups excluding carboxylic acids is 4. The smallest absolute Gasteiger partial charge is 0.318 e. The maximum absolute atomic E-state index is 12.1. The van der Waals surface area contributed by atoms with E-state index in [1.807, 2.05) is 18.2 Å². The van der Waals surface area contributed by atoms with E-state index in [1.54, 1.807) is 30.4 Å². The number of hydrogen-bond acceptors (Lipinski definition) is 6. The van der Waals surface area contributed by atoms with Crippen LogP contribution in [0.25, 0.3) is 11.1 Å². The lowest BCUT2D eigenvalue weighted by atomic mass is 9.97. The molecule has 166 valence electrons. The van der Waals surface area contributed by atoms with Crippen LogP contribution in [-0.2, 0) is 32.0 Å². The summed E-state index contributed by atoms with van der Waals surface area (Å²) in [4.78, 5) is 46.5. The lowest BCUT2D eigenvalue weighted by molar-refractivity contribution is -0.139. The first-order chi connectivity index (χ1) is 15.2. The summed E-state index contributed by atoms with van der Waals surface area (Å²) in [6, 6.07) is 10.6. The first-order valence-electron chi connectivity index (χ1n) is 10.1. The van der Waals surface area contributed by atoms with Crippen molar-refractivity contribution in [3.8, 4) is 22.6 Å². The molecular weight excluding hydrogens is 408 g/mol. The van der Waals surface area contributed by atoms with Crippen LogP contribution < -0.4 is 9.47 Å². The minimum absolute atomic E-state index is 0.284. The van der Waals surface area contributed by atoms with Gasteiger partial charge in [-0.1, -0.05) is 24.3 Å². The molecule has 6 heteroatoms. The fourth-order valence-electron chi connectivity index (χ4n) is 3.07. The van der Waals surface area contributed by atoms with Crippen molar-refractivity contribution in [3.63, 3.8) is 0 Å². The van der Waals surface area contributed by atoms with E-state index in [-0.39, 0.29) is 24.4 Å². The summed E-state index contributed by atoms with van der Waals surface area (Å²) < 4.78 is 10.8. The molecule has 0 bridgehead atoms. The zero-order valence-electron chi connectivity index (χ0n) is 18.3. The topological polar surface area (TPSA) is 86.7 Å². The first kappa shape index (κ1) is 24.5. The summed E-state index contributed by atoms with van der Waals surface area (Å²) >= 11 is 0. The summed E-state index contributed by atoms with van der Waals surface area (Å²) in [5, 5.41) is 0. The lowest BCUT2D eigenvalue weighted by Crippen LogP contribution is -2.13. The predicted octanol–water partition coefficient (Wildman–Crippen LogP) is 4.58. The van der Waals surface area contributed by atoms with E-state index >= 15 is 0 Å². The highest BCUT2D eigenvalue weighted by molar-refractivity contribution is 5.96. The average Bonchev–Trinajstić information content (AvgIpc) is 2.69. The number of esters is 2. The summed E-state index contributed by atoms with van der Waals surface area (Å²) in [5.74, 6) is -1.20. The Morgan fingerprint density at radius 3 is 1.91 bits per heavy atom. The zero-order valence-corrected chi connectivity index (χ0v) is 18.3. The lowest BCUT2D eigenvalue weighted by Gasteiger charge is -2.15. The molecule has 0 aliphatic rings. The molecule has 0 amide bonds. The number of benzene rings is 2. The van der Waals surface area contributed by atoms with E-state index in [1.165, 1.54) is 13.8 Å². The third-order valence-corrected chi connectivity index (χ3v) is 4.39. The molecule has 0 saturated heterocycles. The van der Waals surface area contributed by atoms with Crippen LogP contribution in [-0.4, -0.2) is 23.5 Å². The Hall–Kier alpha value is -3.80. The van der Waals surface area contributed by atoms with E-state index in [4.69, 9.17) is 9.47 Å². The SMILES string of the molecule is C=CCc1ccc(OC(=O)CC(C)=O)c(-c2ccc(OC(=O)CC(C)=O)c(CC=C)c2)c1. The number of carbonyl (C=O) groups is 4. The number of Topliss-reactive ketones (excluding diaryl/α,β-unsaturated/α-hetero) is 2. The quantitative estimate of drug-likeness (QED) is 0.223. The minimum atomic E-state index is -0.642. The molecule has 0 heterocycles. The minimum Gasteiger partial charge on any atom is -0.426 e. The molecule has 0 N–H and O–H groups in total. The second-order valence-corrected chi connectivity index (χ2v) is 7.34. The van der Waals surface area contributed by atoms with Crippen LogP contribution in [0.5, 0.6) is 11.5 Å². The van der Waals surface area contributed by atoms with Crippen LogP contribution in [0.3, 0.4) is 0 Å². The highest BCUT2D eigenvalue weighted by Gasteiger charge is 2.16. The molecule has 32 heavy (non-hydrogen) atoms. The molecule has 2 aromatic carbocycles. The highest BCUT2D eigenvalue weighted by Crippen LogP contribution is 2.35. The standard InChI is InChI=1S/C26H26O6/c1-5-7-19-9-11-24(32-26(30)14-18(4)28)22(15-19)20-10-12-23(21(16-20)8-6-2)31-25(29)13-17(3)27/h5-6,9-12,15-16H,1-2,7-8,13-14H2,3-4H3. The molecule has 0 saturated carbocycles. The molecule has 0 aliphatic carbocycles. The van der Waals surface area contributed by atoms with Crippen molar-refractivity contribution >= 4 is 23.5 Å². The Morgan fingerprint density at radius 1 is 0.781 bits per heavy atom. The number of allylic oxidation sites excluding steroid dienone is 2. The predicted molar refractivity (Wildman–Crippen MR) is 122 cm³/mol. The van der Waals surface area contributed by atoms with Crippen molar-refractivity contribution in [1.82, 2.24) is 0 Å². The van der Waals surface area contributed by atoms with Gasteiger partial charge >= 0.3 is 11.9 Å². The highest BCUT2D eigenvalue weighted by atomic mass is 16.5. The second kappa shape index (κ2) is 11.6. The van der Waals surface area contributed by atoms with Gasteiger partial charge in [-0.2, -0.15) is 0 Å². The van der Waals surface area contributed by atoms with E-state index in [0.717, 1.165) is 11.1 Å². The fraction of sp³-hybridized carbons (Fsp3) is 0.231. The summed E-state index contributed by atoms with van der Waals surface area (Å²) in [7, 11) is 0. The number of ether oxygens (including phenoxy) is 2. The van der Waals surface area contributed by atoms with Gasteiger partial charge in [-0.25, -0.2) is 0 Å². The molecule has 0 aliphatic heterocycles. The van der Waals surface area contributed by atoms with Crippen LogP contribution in [0, 0.1) is 0 Å². The van der Waals surface area contributed by atoms with Gasteiger partial charge in [0.15, 0.2) is 0 Å². The summed E-state index contributed by atoms with van der Waals surface area (Å²) in [5.41, 5.74) is 3.02. The average molecular weight is 434 g/mol.